The highest BCUT2D eigenvalue weighted by Crippen LogP contribution is 2.29. The molecule has 0 saturated heterocycles. The monoisotopic (exact) mass is 436 g/mol. The Morgan fingerprint density at radius 2 is 1.80 bits per heavy atom. The average molecular weight is 436 g/mol. The highest BCUT2D eigenvalue weighted by molar-refractivity contribution is 7.99. The van der Waals surface area contributed by atoms with Gasteiger partial charge in [0, 0.05) is 11.3 Å². The predicted octanol–water partition coefficient (Wildman–Crippen LogP) is 3.75. The number of halogens is 3. The minimum absolute atomic E-state index is 0.0348. The fourth-order valence-corrected chi connectivity index (χ4v) is 2.89. The van der Waals surface area contributed by atoms with Gasteiger partial charge in [-0.05, 0) is 30.3 Å². The van der Waals surface area contributed by atoms with Gasteiger partial charge in [0.15, 0.2) is 0 Å². The van der Waals surface area contributed by atoms with Gasteiger partial charge in [0.25, 0.3) is 11.1 Å². The van der Waals surface area contributed by atoms with Crippen LogP contribution in [0, 0.1) is 0 Å². The van der Waals surface area contributed by atoms with Gasteiger partial charge >= 0.3 is 6.18 Å². The number of benzene rings is 2. The number of amides is 2. The number of alkyl halides is 3. The summed E-state index contributed by atoms with van der Waals surface area (Å²) < 4.78 is 43.5. The van der Waals surface area contributed by atoms with Crippen molar-refractivity contribution >= 4 is 29.3 Å². The first kappa shape index (κ1) is 21.4. The minimum Gasteiger partial charge on any atom is -0.414 e. The Hall–Kier alpha value is -3.34. The number of nitrogens with one attached hydrogen (secondary N) is 2. The van der Waals surface area contributed by atoms with Crippen molar-refractivity contribution in [1.82, 2.24) is 15.5 Å². The summed E-state index contributed by atoms with van der Waals surface area (Å²) in [4.78, 5) is 24.0. The normalized spacial score (nSPS) is 11.2. The van der Waals surface area contributed by atoms with Gasteiger partial charge in [0.2, 0.25) is 11.8 Å². The fourth-order valence-electron chi connectivity index (χ4n) is 2.31. The number of hydrogen-bond donors (Lipinski definition) is 2. The highest BCUT2D eigenvalue weighted by atomic mass is 32.2. The number of nitrogens with zero attached hydrogens (tertiary/aromatic N) is 2. The second kappa shape index (κ2) is 9.44. The topological polar surface area (TPSA) is 97.1 Å². The van der Waals surface area contributed by atoms with E-state index >= 15 is 0 Å². The van der Waals surface area contributed by atoms with Crippen molar-refractivity contribution in [3.63, 3.8) is 0 Å². The first-order valence-electron chi connectivity index (χ1n) is 8.57. The molecular formula is C19H15F3N4O3S. The third kappa shape index (κ3) is 6.08. The van der Waals surface area contributed by atoms with Gasteiger partial charge in [0.1, 0.15) is 0 Å². The van der Waals surface area contributed by atoms with Crippen LogP contribution in [0.2, 0.25) is 0 Å². The maximum atomic E-state index is 12.7. The van der Waals surface area contributed by atoms with Gasteiger partial charge < -0.3 is 15.1 Å². The lowest BCUT2D eigenvalue weighted by molar-refractivity contribution is -0.137. The molecule has 0 aliphatic heterocycles. The molecule has 3 rings (SSSR count). The van der Waals surface area contributed by atoms with E-state index in [4.69, 9.17) is 4.42 Å². The number of aromatic nitrogens is 2. The van der Waals surface area contributed by atoms with Gasteiger partial charge in [-0.25, -0.2) is 0 Å². The summed E-state index contributed by atoms with van der Waals surface area (Å²) >= 11 is 1.01. The Labute approximate surface area is 173 Å². The Morgan fingerprint density at radius 1 is 1.03 bits per heavy atom. The number of hydrogen-bond acceptors (Lipinski definition) is 6. The SMILES string of the molecule is O=C(CSc1nnc(CNC(=O)c2cccc(C(F)(F)F)c2)o1)Nc1ccccc1. The molecule has 3 aromatic rings. The summed E-state index contributed by atoms with van der Waals surface area (Å²) in [6.45, 7) is -0.168. The molecule has 0 fully saturated rings. The van der Waals surface area contributed by atoms with Gasteiger partial charge in [-0.3, -0.25) is 9.59 Å². The van der Waals surface area contributed by atoms with E-state index < -0.39 is 17.6 Å². The summed E-state index contributed by atoms with van der Waals surface area (Å²) in [5.74, 6) is -0.881. The molecule has 0 unspecified atom stereocenters. The summed E-state index contributed by atoms with van der Waals surface area (Å²) in [5, 5.41) is 12.7. The van der Waals surface area contributed by atoms with Crippen LogP contribution in [0.3, 0.4) is 0 Å². The molecule has 2 aromatic carbocycles. The largest absolute Gasteiger partial charge is 0.416 e. The van der Waals surface area contributed by atoms with Crippen molar-refractivity contribution in [3.05, 3.63) is 71.6 Å². The molecule has 0 aliphatic rings. The summed E-state index contributed by atoms with van der Waals surface area (Å²) in [5.41, 5.74) is -0.399. The van der Waals surface area contributed by atoms with Crippen LogP contribution in [0.1, 0.15) is 21.8 Å². The van der Waals surface area contributed by atoms with E-state index in [2.05, 4.69) is 20.8 Å². The van der Waals surface area contributed by atoms with E-state index in [1.165, 1.54) is 6.07 Å². The molecule has 0 bridgehead atoms. The van der Waals surface area contributed by atoms with Crippen LogP contribution in [-0.4, -0.2) is 27.8 Å². The average Bonchev–Trinajstić information content (AvgIpc) is 3.19. The van der Waals surface area contributed by atoms with Crippen LogP contribution in [0.25, 0.3) is 0 Å². The zero-order chi connectivity index (χ0) is 21.6. The second-order valence-corrected chi connectivity index (χ2v) is 6.85. The number of rotatable bonds is 7. The summed E-state index contributed by atoms with van der Waals surface area (Å²) in [7, 11) is 0. The summed E-state index contributed by atoms with van der Waals surface area (Å²) in [6.07, 6.45) is -4.54. The number of carbonyl (C=O) groups excluding carboxylic acids is 2. The molecular weight excluding hydrogens is 421 g/mol. The van der Waals surface area contributed by atoms with Crippen molar-refractivity contribution < 1.29 is 27.2 Å². The molecule has 0 radical (unpaired) electrons. The number of carbonyl (C=O) groups is 2. The first-order valence-corrected chi connectivity index (χ1v) is 9.55. The lowest BCUT2D eigenvalue weighted by Crippen LogP contribution is -2.23. The highest BCUT2D eigenvalue weighted by Gasteiger charge is 2.30. The quantitative estimate of drug-likeness (QED) is 0.548. The lowest BCUT2D eigenvalue weighted by atomic mass is 10.1. The number of anilines is 1. The molecule has 2 amide bonds. The molecule has 0 atom stereocenters. The van der Waals surface area contributed by atoms with Crippen molar-refractivity contribution in [3.8, 4) is 0 Å². The van der Waals surface area contributed by atoms with E-state index in [-0.39, 0.29) is 34.9 Å². The maximum absolute atomic E-state index is 12.7. The van der Waals surface area contributed by atoms with Crippen LogP contribution in [-0.2, 0) is 17.5 Å². The zero-order valence-electron chi connectivity index (χ0n) is 15.3. The standard InChI is InChI=1S/C19H15F3N4O3S/c20-19(21,22)13-6-4-5-12(9-13)17(28)23-10-16-25-26-18(29-16)30-11-15(27)24-14-7-2-1-3-8-14/h1-9H,10-11H2,(H,23,28)(H,24,27). The van der Waals surface area contributed by atoms with Crippen molar-refractivity contribution in [2.24, 2.45) is 0 Å². The zero-order valence-corrected chi connectivity index (χ0v) is 16.1. The van der Waals surface area contributed by atoms with Crippen LogP contribution in [0.4, 0.5) is 18.9 Å². The van der Waals surface area contributed by atoms with E-state index in [1.807, 2.05) is 6.07 Å². The Morgan fingerprint density at radius 3 is 2.53 bits per heavy atom. The van der Waals surface area contributed by atoms with E-state index in [0.29, 0.717) is 5.69 Å². The first-order chi connectivity index (χ1) is 14.3. The van der Waals surface area contributed by atoms with Crippen molar-refractivity contribution in [2.45, 2.75) is 17.9 Å². The van der Waals surface area contributed by atoms with E-state index in [9.17, 15) is 22.8 Å². The number of thioether (sulfide) groups is 1. The van der Waals surface area contributed by atoms with Gasteiger partial charge in [0.05, 0.1) is 17.9 Å². The lowest BCUT2D eigenvalue weighted by Gasteiger charge is -2.08. The predicted molar refractivity (Wildman–Crippen MR) is 103 cm³/mol. The van der Waals surface area contributed by atoms with Crippen LogP contribution >= 0.6 is 11.8 Å². The summed E-state index contributed by atoms with van der Waals surface area (Å²) in [6, 6.07) is 13.0. The Bertz CT molecular complexity index is 1030. The molecule has 0 spiro atoms. The van der Waals surface area contributed by atoms with Crippen LogP contribution < -0.4 is 10.6 Å². The molecule has 2 N–H and O–H groups in total. The van der Waals surface area contributed by atoms with Crippen molar-refractivity contribution in [2.75, 3.05) is 11.1 Å². The van der Waals surface area contributed by atoms with Crippen LogP contribution in [0.15, 0.2) is 64.2 Å². The van der Waals surface area contributed by atoms with Gasteiger partial charge in [-0.2, -0.15) is 13.2 Å². The third-order valence-corrected chi connectivity index (χ3v) is 4.50. The fraction of sp³-hybridized carbons (Fsp3) is 0.158. The molecule has 1 heterocycles. The Kier molecular flexibility index (Phi) is 6.72. The van der Waals surface area contributed by atoms with Gasteiger partial charge in [-0.15, -0.1) is 10.2 Å². The molecule has 156 valence electrons. The van der Waals surface area contributed by atoms with Crippen molar-refractivity contribution in [1.29, 1.82) is 0 Å². The third-order valence-electron chi connectivity index (χ3n) is 3.68. The minimum atomic E-state index is -4.54. The number of para-hydroxylation sites is 1. The van der Waals surface area contributed by atoms with Crippen LogP contribution in [0.5, 0.6) is 0 Å². The Balaban J connectivity index is 1.48. The molecule has 1 aromatic heterocycles. The smallest absolute Gasteiger partial charge is 0.414 e. The molecule has 0 saturated carbocycles. The second-order valence-electron chi connectivity index (χ2n) is 5.93. The van der Waals surface area contributed by atoms with Gasteiger partial charge in [-0.1, -0.05) is 36.0 Å². The molecule has 0 aliphatic carbocycles. The molecule has 11 heteroatoms. The molecule has 30 heavy (non-hydrogen) atoms. The van der Waals surface area contributed by atoms with E-state index in [1.54, 1.807) is 24.3 Å². The van der Waals surface area contributed by atoms with E-state index in [0.717, 1.165) is 30.0 Å². The molecule has 7 nitrogen and oxygen atoms in total. The maximum Gasteiger partial charge on any atom is 0.416 e.